The Hall–Kier alpha value is -2.80. The lowest BCUT2D eigenvalue weighted by atomic mass is 10.1. The lowest BCUT2D eigenvalue weighted by Gasteiger charge is -2.26. The predicted molar refractivity (Wildman–Crippen MR) is 105 cm³/mol. The summed E-state index contributed by atoms with van der Waals surface area (Å²) in [4.78, 5) is 31.1. The maximum Gasteiger partial charge on any atom is 0.283 e. The van der Waals surface area contributed by atoms with Crippen molar-refractivity contribution in [3.63, 3.8) is 0 Å². The second kappa shape index (κ2) is 8.93. The second-order valence-electron chi connectivity index (χ2n) is 6.76. The van der Waals surface area contributed by atoms with Crippen molar-refractivity contribution in [1.82, 2.24) is 9.63 Å². The molecule has 0 bridgehead atoms. The Morgan fingerprint density at radius 3 is 2.61 bits per heavy atom. The van der Waals surface area contributed by atoms with E-state index < -0.39 is 0 Å². The largest absolute Gasteiger partial charge is 0.493 e. The van der Waals surface area contributed by atoms with Gasteiger partial charge in [0.25, 0.3) is 11.5 Å². The van der Waals surface area contributed by atoms with Gasteiger partial charge in [-0.3, -0.25) is 14.4 Å². The van der Waals surface area contributed by atoms with Crippen LogP contribution in [0.25, 0.3) is 0 Å². The van der Waals surface area contributed by atoms with Gasteiger partial charge in [-0.25, -0.2) is 5.06 Å². The molecule has 1 aromatic heterocycles. The Morgan fingerprint density at radius 1 is 1.14 bits per heavy atom. The molecule has 1 aliphatic rings. The number of pyridine rings is 1. The molecule has 1 amide bonds. The number of hydroxylamine groups is 2. The molecule has 3 rings (SSSR count). The molecule has 7 nitrogen and oxygen atoms in total. The zero-order valence-electron chi connectivity index (χ0n) is 16.6. The van der Waals surface area contributed by atoms with Crippen LogP contribution in [0.2, 0.25) is 0 Å². The highest BCUT2D eigenvalue weighted by molar-refractivity contribution is 5.94. The molecule has 28 heavy (non-hydrogen) atoms. The summed E-state index contributed by atoms with van der Waals surface area (Å²) < 4.78 is 12.2. The van der Waals surface area contributed by atoms with Gasteiger partial charge in [-0.15, -0.1) is 0 Å². The van der Waals surface area contributed by atoms with Gasteiger partial charge < -0.3 is 14.0 Å². The van der Waals surface area contributed by atoms with E-state index in [1.165, 1.54) is 5.06 Å². The first-order valence-corrected chi connectivity index (χ1v) is 9.41. The molecule has 0 radical (unpaired) electrons. The molecular weight excluding hydrogens is 360 g/mol. The number of ether oxygens (including phenoxy) is 2. The number of aryl methyl sites for hydroxylation is 3. The quantitative estimate of drug-likeness (QED) is 0.763. The Morgan fingerprint density at radius 2 is 1.93 bits per heavy atom. The van der Waals surface area contributed by atoms with E-state index in [9.17, 15) is 9.59 Å². The summed E-state index contributed by atoms with van der Waals surface area (Å²) in [5, 5.41) is 1.31. The number of carbonyl (C=O) groups excluding carboxylic acids is 1. The molecule has 0 aliphatic carbocycles. The first-order valence-electron chi connectivity index (χ1n) is 9.41. The van der Waals surface area contributed by atoms with Crippen molar-refractivity contribution < 1.29 is 19.1 Å². The van der Waals surface area contributed by atoms with Gasteiger partial charge >= 0.3 is 0 Å². The minimum Gasteiger partial charge on any atom is -0.493 e. The number of benzene rings is 1. The van der Waals surface area contributed by atoms with Crippen LogP contribution in [0, 0.1) is 6.92 Å². The van der Waals surface area contributed by atoms with Crippen LogP contribution in [0.15, 0.2) is 35.3 Å². The molecule has 0 unspecified atom stereocenters. The van der Waals surface area contributed by atoms with Gasteiger partial charge in [-0.1, -0.05) is 6.07 Å². The molecule has 1 saturated heterocycles. The van der Waals surface area contributed by atoms with E-state index in [-0.39, 0.29) is 17.0 Å². The van der Waals surface area contributed by atoms with Crippen LogP contribution in [-0.4, -0.2) is 42.9 Å². The second-order valence-corrected chi connectivity index (χ2v) is 6.76. The third kappa shape index (κ3) is 4.20. The predicted octanol–water partition coefficient (Wildman–Crippen LogP) is 2.58. The van der Waals surface area contributed by atoms with Crippen molar-refractivity contribution >= 4 is 5.91 Å². The van der Waals surface area contributed by atoms with Gasteiger partial charge in [0.15, 0.2) is 11.5 Å². The van der Waals surface area contributed by atoms with Crippen LogP contribution in [-0.2, 0) is 17.8 Å². The van der Waals surface area contributed by atoms with Crippen molar-refractivity contribution in [3.05, 3.63) is 57.5 Å². The maximum atomic E-state index is 12.9. The molecule has 0 spiro atoms. The molecule has 1 aliphatic heterocycles. The summed E-state index contributed by atoms with van der Waals surface area (Å²) in [6, 6.07) is 7.47. The third-order valence-electron chi connectivity index (χ3n) is 4.91. The van der Waals surface area contributed by atoms with E-state index in [2.05, 4.69) is 0 Å². The smallest absolute Gasteiger partial charge is 0.283 e. The summed E-state index contributed by atoms with van der Waals surface area (Å²) in [7, 11) is 3.18. The highest BCUT2D eigenvalue weighted by Crippen LogP contribution is 2.27. The summed E-state index contributed by atoms with van der Waals surface area (Å²) in [5.74, 6) is 0.949. The minimum atomic E-state index is -0.359. The SMILES string of the molecule is COc1ccc(CCn2ccc(C)c(C(=O)N3CCCCO3)c2=O)cc1OC. The molecule has 0 N–H and O–H groups in total. The number of rotatable bonds is 6. The first kappa shape index (κ1) is 19.9. The average Bonchev–Trinajstić information content (AvgIpc) is 2.73. The van der Waals surface area contributed by atoms with Crippen molar-refractivity contribution in [2.75, 3.05) is 27.4 Å². The molecular formula is C21H26N2O5. The van der Waals surface area contributed by atoms with E-state index in [0.717, 1.165) is 18.4 Å². The summed E-state index contributed by atoms with van der Waals surface area (Å²) in [5.41, 5.74) is 1.56. The van der Waals surface area contributed by atoms with Crippen molar-refractivity contribution in [2.45, 2.75) is 32.7 Å². The molecule has 2 heterocycles. The van der Waals surface area contributed by atoms with E-state index in [4.69, 9.17) is 14.3 Å². The summed E-state index contributed by atoms with van der Waals surface area (Å²) in [6.45, 7) is 3.25. The average molecular weight is 386 g/mol. The molecule has 7 heteroatoms. The van der Waals surface area contributed by atoms with Gasteiger partial charge in [0.2, 0.25) is 0 Å². The molecule has 1 fully saturated rings. The highest BCUT2D eigenvalue weighted by atomic mass is 16.7. The van der Waals surface area contributed by atoms with Crippen molar-refractivity contribution in [1.29, 1.82) is 0 Å². The van der Waals surface area contributed by atoms with Gasteiger partial charge in [0, 0.05) is 19.3 Å². The number of nitrogens with zero attached hydrogens (tertiary/aromatic N) is 2. The van der Waals surface area contributed by atoms with E-state index in [0.29, 0.717) is 43.2 Å². The summed E-state index contributed by atoms with van der Waals surface area (Å²) >= 11 is 0. The number of amides is 1. The zero-order chi connectivity index (χ0) is 20.1. The van der Waals surface area contributed by atoms with E-state index >= 15 is 0 Å². The Balaban J connectivity index is 1.80. The molecule has 0 atom stereocenters. The Kier molecular flexibility index (Phi) is 6.36. The van der Waals surface area contributed by atoms with E-state index in [1.807, 2.05) is 18.2 Å². The lowest BCUT2D eigenvalue weighted by Crippen LogP contribution is -2.40. The Bertz CT molecular complexity index is 900. The van der Waals surface area contributed by atoms with Gasteiger partial charge in [-0.2, -0.15) is 0 Å². The normalized spacial score (nSPS) is 14.0. The van der Waals surface area contributed by atoms with Crippen LogP contribution >= 0.6 is 0 Å². The van der Waals surface area contributed by atoms with Crippen LogP contribution in [0.4, 0.5) is 0 Å². The third-order valence-corrected chi connectivity index (χ3v) is 4.91. The van der Waals surface area contributed by atoms with Crippen LogP contribution < -0.4 is 15.0 Å². The lowest BCUT2D eigenvalue weighted by molar-refractivity contribution is -0.144. The van der Waals surface area contributed by atoms with Gasteiger partial charge in [0.05, 0.1) is 20.8 Å². The number of aromatic nitrogens is 1. The fourth-order valence-corrected chi connectivity index (χ4v) is 3.27. The standard InChI is InChI=1S/C21H26N2O5/c1-15-8-11-22(12-9-16-6-7-17(26-2)18(14-16)27-3)20(24)19(15)21(25)23-10-4-5-13-28-23/h6-8,11,14H,4-5,9-10,12-13H2,1-3H3. The van der Waals surface area contributed by atoms with Crippen LogP contribution in [0.5, 0.6) is 11.5 Å². The molecule has 150 valence electrons. The topological polar surface area (TPSA) is 70.0 Å². The molecule has 2 aromatic rings. The molecule has 1 aromatic carbocycles. The van der Waals surface area contributed by atoms with Crippen molar-refractivity contribution in [2.24, 2.45) is 0 Å². The fourth-order valence-electron chi connectivity index (χ4n) is 3.27. The summed E-state index contributed by atoms with van der Waals surface area (Å²) in [6.07, 6.45) is 4.15. The van der Waals surface area contributed by atoms with Crippen LogP contribution in [0.3, 0.4) is 0 Å². The minimum absolute atomic E-state index is 0.178. The maximum absolute atomic E-state index is 12.9. The number of carbonyl (C=O) groups is 1. The number of hydrogen-bond donors (Lipinski definition) is 0. The van der Waals surface area contributed by atoms with Gasteiger partial charge in [-0.05, 0) is 55.5 Å². The fraction of sp³-hybridized carbons (Fsp3) is 0.429. The number of methoxy groups -OCH3 is 2. The number of hydrogen-bond acceptors (Lipinski definition) is 5. The monoisotopic (exact) mass is 386 g/mol. The van der Waals surface area contributed by atoms with Gasteiger partial charge in [0.1, 0.15) is 5.56 Å². The zero-order valence-corrected chi connectivity index (χ0v) is 16.6. The van der Waals surface area contributed by atoms with Crippen molar-refractivity contribution in [3.8, 4) is 11.5 Å². The van der Waals surface area contributed by atoms with Crippen LogP contribution in [0.1, 0.15) is 34.3 Å². The van der Waals surface area contributed by atoms with E-state index in [1.54, 1.807) is 38.0 Å². The Labute approximate surface area is 164 Å². The molecule has 0 saturated carbocycles. The first-order chi connectivity index (χ1) is 13.5. The highest BCUT2D eigenvalue weighted by Gasteiger charge is 2.24.